The summed E-state index contributed by atoms with van der Waals surface area (Å²) in [4.78, 5) is 5.50. The normalized spacial score (nSPS) is 14.2. The van der Waals surface area contributed by atoms with E-state index in [0.717, 1.165) is 0 Å². The molecule has 340 valence electrons. The topological polar surface area (TPSA) is 6.48 Å². The lowest BCUT2D eigenvalue weighted by molar-refractivity contribution is 0.135. The minimum absolute atomic E-state index is 0.634. The SMILES string of the molecule is CCCCCCCCCCCCCCCCCCCN1C=CN(CCCCCCCCCCCCCCCC)C1CCCCCCCCCCCCCCCCC. The maximum atomic E-state index is 2.75. The van der Waals surface area contributed by atoms with Crippen molar-refractivity contribution in [1.82, 2.24) is 9.80 Å². The summed E-state index contributed by atoms with van der Waals surface area (Å²) in [6, 6.07) is 0. The van der Waals surface area contributed by atoms with Gasteiger partial charge in [0.2, 0.25) is 0 Å². The van der Waals surface area contributed by atoms with Gasteiger partial charge in [-0.1, -0.05) is 297 Å². The van der Waals surface area contributed by atoms with Gasteiger partial charge in [0.15, 0.2) is 0 Å². The van der Waals surface area contributed by atoms with Crippen LogP contribution in [0.25, 0.3) is 0 Å². The van der Waals surface area contributed by atoms with Crippen LogP contribution in [0.5, 0.6) is 0 Å². The van der Waals surface area contributed by atoms with E-state index < -0.39 is 0 Å². The lowest BCUT2D eigenvalue weighted by Crippen LogP contribution is -2.39. The average Bonchev–Trinajstić information content (AvgIpc) is 3.61. The Balaban J connectivity index is 2.19. The van der Waals surface area contributed by atoms with Crippen molar-refractivity contribution in [1.29, 1.82) is 0 Å². The van der Waals surface area contributed by atoms with Gasteiger partial charge in [-0.15, -0.1) is 0 Å². The van der Waals surface area contributed by atoms with E-state index in [9.17, 15) is 0 Å². The van der Waals surface area contributed by atoms with Gasteiger partial charge in [-0.05, 0) is 25.7 Å². The molecule has 57 heavy (non-hydrogen) atoms. The highest BCUT2D eigenvalue weighted by atomic mass is 15.4. The Morgan fingerprint density at radius 1 is 0.228 bits per heavy atom. The van der Waals surface area contributed by atoms with Crippen molar-refractivity contribution in [2.24, 2.45) is 0 Å². The molecule has 2 nitrogen and oxygen atoms in total. The van der Waals surface area contributed by atoms with Gasteiger partial charge < -0.3 is 9.80 Å². The van der Waals surface area contributed by atoms with Gasteiger partial charge in [-0.2, -0.15) is 0 Å². The van der Waals surface area contributed by atoms with Crippen LogP contribution in [0.1, 0.15) is 323 Å². The van der Waals surface area contributed by atoms with Crippen LogP contribution in [0, 0.1) is 0 Å². The van der Waals surface area contributed by atoms with E-state index in [2.05, 4.69) is 43.0 Å². The van der Waals surface area contributed by atoms with Gasteiger partial charge >= 0.3 is 0 Å². The van der Waals surface area contributed by atoms with E-state index in [1.807, 2.05) is 0 Å². The van der Waals surface area contributed by atoms with Crippen LogP contribution in [0.4, 0.5) is 0 Å². The third-order valence-electron chi connectivity index (χ3n) is 13.6. The highest BCUT2D eigenvalue weighted by Crippen LogP contribution is 2.24. The largest absolute Gasteiger partial charge is 0.356 e. The molecule has 1 heterocycles. The van der Waals surface area contributed by atoms with Gasteiger partial charge in [0.05, 0.1) is 0 Å². The zero-order valence-electron chi connectivity index (χ0n) is 40.3. The van der Waals surface area contributed by atoms with E-state index in [1.54, 1.807) is 0 Å². The first-order chi connectivity index (χ1) is 28.3. The van der Waals surface area contributed by atoms with Crippen LogP contribution in [0.2, 0.25) is 0 Å². The molecule has 1 unspecified atom stereocenters. The Hall–Kier alpha value is -0.660. The van der Waals surface area contributed by atoms with Gasteiger partial charge in [-0.25, -0.2) is 0 Å². The molecule has 0 N–H and O–H groups in total. The molecule has 0 amide bonds. The summed E-state index contributed by atoms with van der Waals surface area (Å²) in [5.74, 6) is 0. The molecule has 0 aromatic carbocycles. The summed E-state index contributed by atoms with van der Waals surface area (Å²) in [6.07, 6.45) is 73.8. The van der Waals surface area contributed by atoms with Crippen molar-refractivity contribution in [2.75, 3.05) is 13.1 Å². The second-order valence-corrected chi connectivity index (χ2v) is 19.2. The first-order valence-electron chi connectivity index (χ1n) is 27.5. The summed E-state index contributed by atoms with van der Waals surface area (Å²) < 4.78 is 0. The highest BCUT2D eigenvalue weighted by Gasteiger charge is 2.25. The smallest absolute Gasteiger partial charge is 0.101 e. The van der Waals surface area contributed by atoms with E-state index in [4.69, 9.17) is 0 Å². The molecule has 2 heteroatoms. The molecular weight excluding hydrogens is 689 g/mol. The molecule has 0 aliphatic carbocycles. The van der Waals surface area contributed by atoms with Gasteiger partial charge in [0, 0.05) is 25.5 Å². The molecule has 1 rings (SSSR count). The molecule has 0 aromatic heterocycles. The predicted molar refractivity (Wildman–Crippen MR) is 260 cm³/mol. The minimum Gasteiger partial charge on any atom is -0.356 e. The van der Waals surface area contributed by atoms with E-state index in [-0.39, 0.29) is 0 Å². The van der Waals surface area contributed by atoms with E-state index >= 15 is 0 Å². The first kappa shape index (κ1) is 54.4. The maximum absolute atomic E-state index is 2.75. The molecule has 1 atom stereocenters. The van der Waals surface area contributed by atoms with Crippen molar-refractivity contribution < 1.29 is 0 Å². The fourth-order valence-electron chi connectivity index (χ4n) is 9.55. The summed E-state index contributed by atoms with van der Waals surface area (Å²) in [7, 11) is 0. The van der Waals surface area contributed by atoms with Gasteiger partial charge in [0.1, 0.15) is 6.17 Å². The highest BCUT2D eigenvalue weighted by molar-refractivity contribution is 4.97. The van der Waals surface area contributed by atoms with Crippen molar-refractivity contribution in [3.63, 3.8) is 0 Å². The number of unbranched alkanes of at least 4 members (excludes halogenated alkanes) is 43. The quantitative estimate of drug-likeness (QED) is 0.0566. The van der Waals surface area contributed by atoms with Crippen LogP contribution in [0.15, 0.2) is 12.4 Å². The Bertz CT molecular complexity index is 762. The number of hydrogen-bond donors (Lipinski definition) is 0. The van der Waals surface area contributed by atoms with Crippen LogP contribution < -0.4 is 0 Å². The van der Waals surface area contributed by atoms with Crippen LogP contribution in [-0.2, 0) is 0 Å². The summed E-state index contributed by atoms with van der Waals surface area (Å²) in [5, 5.41) is 0. The molecule has 0 spiro atoms. The molecule has 0 radical (unpaired) electrons. The standard InChI is InChI=1S/C55H110N2/c1-4-7-10-13-16-19-22-25-28-29-31-34-37-40-43-46-49-52-57-54-53-56(51-48-45-42-39-36-33-27-24-21-18-15-12-9-6-3)55(57)50-47-44-41-38-35-32-30-26-23-20-17-14-11-8-5-2/h53-55H,4-52H2,1-3H3. The Labute approximate surface area is 362 Å². The molecule has 0 aromatic rings. The third-order valence-corrected chi connectivity index (χ3v) is 13.6. The summed E-state index contributed by atoms with van der Waals surface area (Å²) in [5.41, 5.74) is 0. The molecule has 1 aliphatic heterocycles. The van der Waals surface area contributed by atoms with Crippen LogP contribution in [0.3, 0.4) is 0 Å². The first-order valence-corrected chi connectivity index (χ1v) is 27.5. The molecule has 1 aliphatic rings. The molecule has 0 bridgehead atoms. The van der Waals surface area contributed by atoms with Crippen LogP contribution >= 0.6 is 0 Å². The van der Waals surface area contributed by atoms with Crippen molar-refractivity contribution in [2.45, 2.75) is 329 Å². The number of nitrogens with zero attached hydrogens (tertiary/aromatic N) is 2. The van der Waals surface area contributed by atoms with Gasteiger partial charge in [0.25, 0.3) is 0 Å². The third kappa shape index (κ3) is 38.0. The van der Waals surface area contributed by atoms with E-state index in [0.29, 0.717) is 6.17 Å². The average molecular weight is 799 g/mol. The van der Waals surface area contributed by atoms with E-state index in [1.165, 1.54) is 315 Å². The molecule has 0 fully saturated rings. The van der Waals surface area contributed by atoms with Crippen molar-refractivity contribution >= 4 is 0 Å². The number of rotatable bonds is 49. The van der Waals surface area contributed by atoms with Crippen molar-refractivity contribution in [3.8, 4) is 0 Å². The lowest BCUT2D eigenvalue weighted by Gasteiger charge is -2.33. The Kier molecular flexibility index (Phi) is 44.3. The van der Waals surface area contributed by atoms with Crippen LogP contribution in [-0.4, -0.2) is 29.1 Å². The fourth-order valence-corrected chi connectivity index (χ4v) is 9.55. The number of hydrogen-bond acceptors (Lipinski definition) is 2. The minimum atomic E-state index is 0.634. The maximum Gasteiger partial charge on any atom is 0.101 e. The fraction of sp³-hybridized carbons (Fsp3) is 0.964. The van der Waals surface area contributed by atoms with Crippen molar-refractivity contribution in [3.05, 3.63) is 12.4 Å². The lowest BCUT2D eigenvalue weighted by atomic mass is 10.0. The Morgan fingerprint density at radius 2 is 0.404 bits per heavy atom. The molecular formula is C55H110N2. The second-order valence-electron chi connectivity index (χ2n) is 19.2. The summed E-state index contributed by atoms with van der Waals surface area (Å²) >= 11 is 0. The predicted octanol–water partition coefficient (Wildman–Crippen LogP) is 19.8. The Morgan fingerprint density at radius 3 is 0.614 bits per heavy atom. The van der Waals surface area contributed by atoms with Gasteiger partial charge in [-0.3, -0.25) is 0 Å². The zero-order valence-corrected chi connectivity index (χ0v) is 40.3. The second kappa shape index (κ2) is 46.4. The molecule has 0 saturated heterocycles. The molecule has 0 saturated carbocycles. The summed E-state index contributed by atoms with van der Waals surface area (Å²) in [6.45, 7) is 9.50. The zero-order chi connectivity index (χ0) is 40.8. The monoisotopic (exact) mass is 799 g/mol.